The van der Waals surface area contributed by atoms with Gasteiger partial charge in [-0.25, -0.2) is 0 Å². The Bertz CT molecular complexity index is 396. The number of nitrogens with zero attached hydrogens (tertiary/aromatic N) is 1. The molecule has 0 aliphatic rings. The molecule has 0 saturated carbocycles. The summed E-state index contributed by atoms with van der Waals surface area (Å²) in [5.41, 5.74) is 2.45. The molecular formula is C19H28N2. The third-order valence-corrected chi connectivity index (χ3v) is 3.20. The molecule has 1 aromatic heterocycles. The van der Waals surface area contributed by atoms with Crippen LogP contribution < -0.4 is 5.32 Å². The average molecular weight is 284 g/mol. The molecule has 0 fully saturated rings. The minimum Gasteiger partial charge on any atom is -0.317 e. The van der Waals surface area contributed by atoms with E-state index >= 15 is 0 Å². The normalized spacial score (nSPS) is 9.81. The van der Waals surface area contributed by atoms with Gasteiger partial charge in [0.2, 0.25) is 0 Å². The number of hydrogen-bond acceptors (Lipinski definition) is 2. The number of benzene rings is 1. The Morgan fingerprint density at radius 2 is 1.29 bits per heavy atom. The van der Waals surface area contributed by atoms with E-state index in [1.807, 2.05) is 42.7 Å². The fourth-order valence-corrected chi connectivity index (χ4v) is 1.90. The second-order valence-electron chi connectivity index (χ2n) is 5.06. The third kappa shape index (κ3) is 8.26. The topological polar surface area (TPSA) is 24.9 Å². The van der Waals surface area contributed by atoms with E-state index in [1.54, 1.807) is 0 Å². The predicted molar refractivity (Wildman–Crippen MR) is 92.4 cm³/mol. The van der Waals surface area contributed by atoms with E-state index in [0.29, 0.717) is 0 Å². The minimum atomic E-state index is 1.20. The molecule has 1 heterocycles. The van der Waals surface area contributed by atoms with E-state index in [1.165, 1.54) is 49.9 Å². The van der Waals surface area contributed by atoms with Gasteiger partial charge in [0.15, 0.2) is 0 Å². The van der Waals surface area contributed by atoms with Crippen molar-refractivity contribution in [1.82, 2.24) is 10.3 Å². The van der Waals surface area contributed by atoms with Crippen molar-refractivity contribution in [3.63, 3.8) is 0 Å². The lowest BCUT2D eigenvalue weighted by Crippen LogP contribution is -2.15. The highest BCUT2D eigenvalue weighted by molar-refractivity contribution is 5.62. The summed E-state index contributed by atoms with van der Waals surface area (Å²) in [4.78, 5) is 3.97. The van der Waals surface area contributed by atoms with E-state index in [-0.39, 0.29) is 0 Å². The van der Waals surface area contributed by atoms with Gasteiger partial charge in [-0.15, -0.1) is 0 Å². The first kappa shape index (κ1) is 17.4. The molecule has 0 unspecified atom stereocenters. The Morgan fingerprint density at radius 3 is 1.81 bits per heavy atom. The lowest BCUT2D eigenvalue weighted by atomic mass is 10.1. The standard InChI is InChI=1S/C11H9N.C8H19N/c1-2-4-10(5-3-1)11-6-8-12-9-7-11;1-3-5-7-9-8-6-4-2/h1-9H;9H,3-8H2,1-2H3. The molecule has 1 N–H and O–H groups in total. The average Bonchev–Trinajstić information content (AvgIpc) is 2.57. The molecule has 0 bridgehead atoms. The highest BCUT2D eigenvalue weighted by atomic mass is 14.8. The maximum atomic E-state index is 3.97. The van der Waals surface area contributed by atoms with Crippen LogP contribution in [0.25, 0.3) is 11.1 Å². The van der Waals surface area contributed by atoms with E-state index in [0.717, 1.165) is 0 Å². The number of unbranched alkanes of at least 4 members (excludes halogenated alkanes) is 2. The molecule has 2 rings (SSSR count). The second-order valence-corrected chi connectivity index (χ2v) is 5.06. The van der Waals surface area contributed by atoms with E-state index in [4.69, 9.17) is 0 Å². The first-order chi connectivity index (χ1) is 10.4. The molecule has 21 heavy (non-hydrogen) atoms. The van der Waals surface area contributed by atoms with Crippen LogP contribution in [0.5, 0.6) is 0 Å². The maximum Gasteiger partial charge on any atom is 0.0273 e. The summed E-state index contributed by atoms with van der Waals surface area (Å²) in [6.07, 6.45) is 8.87. The predicted octanol–water partition coefficient (Wildman–Crippen LogP) is 4.92. The molecule has 0 amide bonds. The van der Waals surface area contributed by atoms with Gasteiger partial charge < -0.3 is 5.32 Å². The van der Waals surface area contributed by atoms with E-state index in [9.17, 15) is 0 Å². The zero-order valence-corrected chi connectivity index (χ0v) is 13.4. The molecule has 0 spiro atoms. The second kappa shape index (κ2) is 12.1. The number of hydrogen-bond donors (Lipinski definition) is 1. The van der Waals surface area contributed by atoms with Crippen LogP contribution in [0.4, 0.5) is 0 Å². The summed E-state index contributed by atoms with van der Waals surface area (Å²) < 4.78 is 0. The summed E-state index contributed by atoms with van der Waals surface area (Å²) in [7, 11) is 0. The van der Waals surface area contributed by atoms with Crippen LogP contribution in [0.15, 0.2) is 54.9 Å². The Labute approximate surface area is 129 Å². The fourth-order valence-electron chi connectivity index (χ4n) is 1.90. The molecule has 1 aromatic carbocycles. The van der Waals surface area contributed by atoms with E-state index < -0.39 is 0 Å². The van der Waals surface area contributed by atoms with Crippen LogP contribution in [-0.4, -0.2) is 18.1 Å². The van der Waals surface area contributed by atoms with Crippen LogP contribution in [-0.2, 0) is 0 Å². The molecule has 0 radical (unpaired) electrons. The molecule has 2 aromatic rings. The van der Waals surface area contributed by atoms with Gasteiger partial charge in [0.1, 0.15) is 0 Å². The number of aromatic nitrogens is 1. The summed E-state index contributed by atoms with van der Waals surface area (Å²) >= 11 is 0. The van der Waals surface area contributed by atoms with Gasteiger partial charge in [0.05, 0.1) is 0 Å². The first-order valence-electron chi connectivity index (χ1n) is 8.04. The van der Waals surface area contributed by atoms with Crippen molar-refractivity contribution >= 4 is 0 Å². The van der Waals surface area contributed by atoms with Crippen LogP contribution >= 0.6 is 0 Å². The highest BCUT2D eigenvalue weighted by Crippen LogP contribution is 2.16. The maximum absolute atomic E-state index is 3.97. The van der Waals surface area contributed by atoms with Crippen molar-refractivity contribution in [2.45, 2.75) is 39.5 Å². The minimum absolute atomic E-state index is 1.20. The summed E-state index contributed by atoms with van der Waals surface area (Å²) in [6, 6.07) is 14.3. The van der Waals surface area contributed by atoms with Crippen molar-refractivity contribution in [3.8, 4) is 11.1 Å². The highest BCUT2D eigenvalue weighted by Gasteiger charge is 1.92. The third-order valence-electron chi connectivity index (χ3n) is 3.20. The van der Waals surface area contributed by atoms with Gasteiger partial charge in [0.25, 0.3) is 0 Å². The molecule has 0 saturated heterocycles. The lowest BCUT2D eigenvalue weighted by molar-refractivity contribution is 0.611. The molecule has 2 nitrogen and oxygen atoms in total. The van der Waals surface area contributed by atoms with Gasteiger partial charge in [-0.3, -0.25) is 4.98 Å². The molecular weight excluding hydrogens is 256 g/mol. The van der Waals surface area contributed by atoms with Crippen LogP contribution in [0.1, 0.15) is 39.5 Å². The van der Waals surface area contributed by atoms with E-state index in [2.05, 4.69) is 36.3 Å². The number of nitrogens with one attached hydrogen (secondary N) is 1. The molecule has 0 atom stereocenters. The van der Waals surface area contributed by atoms with Gasteiger partial charge >= 0.3 is 0 Å². The number of pyridine rings is 1. The first-order valence-corrected chi connectivity index (χ1v) is 8.04. The zero-order chi connectivity index (χ0) is 15.2. The van der Waals surface area contributed by atoms with Crippen molar-refractivity contribution in [2.75, 3.05) is 13.1 Å². The van der Waals surface area contributed by atoms with Gasteiger partial charge in [-0.1, -0.05) is 57.0 Å². The van der Waals surface area contributed by atoms with Gasteiger partial charge in [-0.05, 0) is 49.2 Å². The van der Waals surface area contributed by atoms with Crippen LogP contribution in [0, 0.1) is 0 Å². The summed E-state index contributed by atoms with van der Waals surface area (Å²) in [6.45, 7) is 6.86. The van der Waals surface area contributed by atoms with Gasteiger partial charge in [-0.2, -0.15) is 0 Å². The fraction of sp³-hybridized carbons (Fsp3) is 0.421. The lowest BCUT2D eigenvalue weighted by Gasteiger charge is -1.99. The van der Waals surface area contributed by atoms with Crippen LogP contribution in [0.2, 0.25) is 0 Å². The van der Waals surface area contributed by atoms with Crippen molar-refractivity contribution in [2.24, 2.45) is 0 Å². The van der Waals surface area contributed by atoms with Crippen molar-refractivity contribution in [3.05, 3.63) is 54.9 Å². The Balaban J connectivity index is 0.000000222. The molecule has 0 aliphatic heterocycles. The number of rotatable bonds is 7. The Morgan fingerprint density at radius 1 is 0.762 bits per heavy atom. The summed E-state index contributed by atoms with van der Waals surface area (Å²) in [5, 5.41) is 3.39. The molecule has 0 aliphatic carbocycles. The van der Waals surface area contributed by atoms with Crippen molar-refractivity contribution < 1.29 is 0 Å². The smallest absolute Gasteiger partial charge is 0.0273 e. The monoisotopic (exact) mass is 284 g/mol. The van der Waals surface area contributed by atoms with Crippen molar-refractivity contribution in [1.29, 1.82) is 0 Å². The summed E-state index contributed by atoms with van der Waals surface area (Å²) in [5.74, 6) is 0. The zero-order valence-electron chi connectivity index (χ0n) is 13.4. The quantitative estimate of drug-likeness (QED) is 0.730. The molecule has 2 heteroatoms. The largest absolute Gasteiger partial charge is 0.317 e. The van der Waals surface area contributed by atoms with Gasteiger partial charge in [0, 0.05) is 12.4 Å². The Hall–Kier alpha value is -1.67. The Kier molecular flexibility index (Phi) is 10.0. The SMILES string of the molecule is CCCCNCCCC.c1ccc(-c2ccncc2)cc1. The van der Waals surface area contributed by atoms with Crippen LogP contribution in [0.3, 0.4) is 0 Å². The molecule has 114 valence electrons.